The largest absolute Gasteiger partial charge is 0.327 e. The maximum Gasteiger partial charge on any atom is 0.0543 e. The lowest BCUT2D eigenvalue weighted by molar-refractivity contribution is 0.235. The molecule has 1 aromatic rings. The first kappa shape index (κ1) is 13.5. The minimum atomic E-state index is 0.388. The summed E-state index contributed by atoms with van der Waals surface area (Å²) in [6, 6.07) is 6.49. The lowest BCUT2D eigenvalue weighted by Crippen LogP contribution is -2.37. The fraction of sp³-hybridized carbons (Fsp3) is 0.667. The summed E-state index contributed by atoms with van der Waals surface area (Å²) >= 11 is 0. The molecule has 0 saturated heterocycles. The van der Waals surface area contributed by atoms with Crippen LogP contribution in [0, 0.1) is 5.92 Å². The van der Waals surface area contributed by atoms with Crippen LogP contribution in [-0.2, 0) is 6.54 Å². The molecule has 100 valence electrons. The maximum absolute atomic E-state index is 6.28. The van der Waals surface area contributed by atoms with Crippen molar-refractivity contribution >= 4 is 0 Å². The van der Waals surface area contributed by atoms with Gasteiger partial charge in [0.2, 0.25) is 0 Å². The molecular weight excluding hydrogens is 222 g/mol. The molecule has 1 aromatic heterocycles. The van der Waals surface area contributed by atoms with Gasteiger partial charge >= 0.3 is 0 Å². The van der Waals surface area contributed by atoms with Crippen LogP contribution < -0.4 is 5.73 Å². The number of pyridine rings is 1. The van der Waals surface area contributed by atoms with E-state index in [-0.39, 0.29) is 0 Å². The van der Waals surface area contributed by atoms with Gasteiger partial charge in [0.15, 0.2) is 0 Å². The van der Waals surface area contributed by atoms with Gasteiger partial charge < -0.3 is 10.6 Å². The van der Waals surface area contributed by atoms with E-state index in [0.29, 0.717) is 12.0 Å². The molecule has 18 heavy (non-hydrogen) atoms. The van der Waals surface area contributed by atoms with Crippen LogP contribution in [0.2, 0.25) is 0 Å². The van der Waals surface area contributed by atoms with Gasteiger partial charge in [-0.1, -0.05) is 25.3 Å². The van der Waals surface area contributed by atoms with Crippen LogP contribution in [0.15, 0.2) is 24.4 Å². The minimum absolute atomic E-state index is 0.388. The van der Waals surface area contributed by atoms with Gasteiger partial charge in [-0.25, -0.2) is 0 Å². The van der Waals surface area contributed by atoms with Crippen molar-refractivity contribution in [3.63, 3.8) is 0 Å². The Morgan fingerprint density at radius 2 is 2.11 bits per heavy atom. The number of rotatable bonds is 4. The molecule has 1 saturated carbocycles. The molecule has 0 aromatic carbocycles. The first-order valence-electron chi connectivity index (χ1n) is 7.10. The number of nitrogens with zero attached hydrogens (tertiary/aromatic N) is 2. The Balaban J connectivity index is 1.84. The highest BCUT2D eigenvalue weighted by Gasteiger charge is 2.21. The first-order chi connectivity index (χ1) is 8.75. The van der Waals surface area contributed by atoms with Gasteiger partial charge in [-0.3, -0.25) is 4.98 Å². The van der Waals surface area contributed by atoms with Crippen LogP contribution in [0.4, 0.5) is 0 Å². The molecule has 3 heteroatoms. The molecular formula is C15H25N3. The van der Waals surface area contributed by atoms with Crippen molar-refractivity contribution in [1.29, 1.82) is 0 Å². The highest BCUT2D eigenvalue weighted by molar-refractivity contribution is 5.03. The second-order valence-electron chi connectivity index (χ2n) is 5.58. The van der Waals surface area contributed by atoms with E-state index < -0.39 is 0 Å². The molecule has 0 bridgehead atoms. The third kappa shape index (κ3) is 4.07. The monoisotopic (exact) mass is 247 g/mol. The Morgan fingerprint density at radius 1 is 1.28 bits per heavy atom. The van der Waals surface area contributed by atoms with Gasteiger partial charge in [0.25, 0.3) is 0 Å². The number of aromatic nitrogens is 1. The fourth-order valence-electron chi connectivity index (χ4n) is 2.87. The summed E-state index contributed by atoms with van der Waals surface area (Å²) in [7, 11) is 2.17. The number of hydrogen-bond donors (Lipinski definition) is 1. The molecule has 0 radical (unpaired) electrons. The molecule has 0 amide bonds. The molecule has 0 spiro atoms. The van der Waals surface area contributed by atoms with Gasteiger partial charge in [-0.05, 0) is 37.9 Å². The normalized spacial score (nSPS) is 25.1. The van der Waals surface area contributed by atoms with E-state index in [2.05, 4.69) is 23.0 Å². The summed E-state index contributed by atoms with van der Waals surface area (Å²) in [6.45, 7) is 2.02. The summed E-state index contributed by atoms with van der Waals surface area (Å²) in [4.78, 5) is 6.74. The lowest BCUT2D eigenvalue weighted by Gasteiger charge is -2.26. The van der Waals surface area contributed by atoms with Gasteiger partial charge in [0.05, 0.1) is 5.69 Å². The average Bonchev–Trinajstić information content (AvgIpc) is 2.56. The Bertz CT molecular complexity index is 339. The molecule has 0 aliphatic heterocycles. The van der Waals surface area contributed by atoms with Crippen molar-refractivity contribution in [2.75, 3.05) is 13.6 Å². The molecule has 2 rings (SSSR count). The summed E-state index contributed by atoms with van der Waals surface area (Å²) in [6.07, 6.45) is 8.35. The van der Waals surface area contributed by atoms with Crippen molar-refractivity contribution in [2.24, 2.45) is 11.7 Å². The van der Waals surface area contributed by atoms with E-state index in [9.17, 15) is 0 Å². The zero-order chi connectivity index (χ0) is 12.8. The maximum atomic E-state index is 6.28. The molecule has 1 fully saturated rings. The average molecular weight is 247 g/mol. The van der Waals surface area contributed by atoms with E-state index in [1.165, 1.54) is 32.1 Å². The van der Waals surface area contributed by atoms with E-state index in [1.54, 1.807) is 0 Å². The summed E-state index contributed by atoms with van der Waals surface area (Å²) in [5, 5.41) is 0. The topological polar surface area (TPSA) is 42.2 Å². The van der Waals surface area contributed by atoms with E-state index in [4.69, 9.17) is 5.73 Å². The summed E-state index contributed by atoms with van der Waals surface area (Å²) < 4.78 is 0. The second kappa shape index (κ2) is 6.86. The Hall–Kier alpha value is -0.930. The van der Waals surface area contributed by atoms with Gasteiger partial charge in [-0.2, -0.15) is 0 Å². The quantitative estimate of drug-likeness (QED) is 0.831. The SMILES string of the molecule is CN(Cc1ccccn1)CC1CCCCCC1N. The third-order valence-corrected chi connectivity index (χ3v) is 3.92. The Kier molecular flexibility index (Phi) is 5.14. The molecule has 2 atom stereocenters. The van der Waals surface area contributed by atoms with Crippen LogP contribution in [0.1, 0.15) is 37.8 Å². The minimum Gasteiger partial charge on any atom is -0.327 e. The van der Waals surface area contributed by atoms with Crippen molar-refractivity contribution in [3.05, 3.63) is 30.1 Å². The number of hydrogen-bond acceptors (Lipinski definition) is 3. The first-order valence-corrected chi connectivity index (χ1v) is 7.10. The van der Waals surface area contributed by atoms with E-state index in [1.807, 2.05) is 18.3 Å². The fourth-order valence-corrected chi connectivity index (χ4v) is 2.87. The molecule has 1 aliphatic rings. The third-order valence-electron chi connectivity index (χ3n) is 3.92. The van der Waals surface area contributed by atoms with Crippen molar-refractivity contribution in [1.82, 2.24) is 9.88 Å². The second-order valence-corrected chi connectivity index (χ2v) is 5.58. The highest BCUT2D eigenvalue weighted by atomic mass is 15.1. The van der Waals surface area contributed by atoms with Crippen LogP contribution in [0.3, 0.4) is 0 Å². The van der Waals surface area contributed by atoms with Crippen LogP contribution >= 0.6 is 0 Å². The zero-order valence-electron chi connectivity index (χ0n) is 11.4. The smallest absolute Gasteiger partial charge is 0.0543 e. The van der Waals surface area contributed by atoms with Crippen molar-refractivity contribution in [3.8, 4) is 0 Å². The number of nitrogens with two attached hydrogens (primary N) is 1. The molecule has 1 heterocycles. The summed E-state index contributed by atoms with van der Waals surface area (Å²) in [5.41, 5.74) is 7.42. The van der Waals surface area contributed by atoms with Gasteiger partial charge in [-0.15, -0.1) is 0 Å². The highest BCUT2D eigenvalue weighted by Crippen LogP contribution is 2.23. The Labute approximate surface area is 110 Å². The van der Waals surface area contributed by atoms with Crippen LogP contribution in [0.25, 0.3) is 0 Å². The van der Waals surface area contributed by atoms with Crippen LogP contribution in [-0.4, -0.2) is 29.5 Å². The predicted molar refractivity (Wildman–Crippen MR) is 75.1 cm³/mol. The Morgan fingerprint density at radius 3 is 2.89 bits per heavy atom. The van der Waals surface area contributed by atoms with Crippen molar-refractivity contribution < 1.29 is 0 Å². The molecule has 2 N–H and O–H groups in total. The van der Waals surface area contributed by atoms with Crippen LogP contribution in [0.5, 0.6) is 0 Å². The lowest BCUT2D eigenvalue weighted by atomic mass is 9.95. The molecule has 1 aliphatic carbocycles. The van der Waals surface area contributed by atoms with Crippen molar-refractivity contribution in [2.45, 2.75) is 44.7 Å². The molecule has 2 unspecified atom stereocenters. The zero-order valence-corrected chi connectivity index (χ0v) is 11.4. The molecule has 3 nitrogen and oxygen atoms in total. The van der Waals surface area contributed by atoms with E-state index >= 15 is 0 Å². The van der Waals surface area contributed by atoms with Gasteiger partial charge in [0, 0.05) is 25.3 Å². The van der Waals surface area contributed by atoms with E-state index in [0.717, 1.165) is 18.8 Å². The predicted octanol–water partition coefficient (Wildman–Crippen LogP) is 2.42. The summed E-state index contributed by atoms with van der Waals surface area (Å²) in [5.74, 6) is 0.654. The van der Waals surface area contributed by atoms with Gasteiger partial charge in [0.1, 0.15) is 0 Å². The standard InChI is InChI=1S/C15H25N3/c1-18(12-14-8-5-6-10-17-14)11-13-7-3-2-4-9-15(13)16/h5-6,8,10,13,15H,2-4,7,9,11-12,16H2,1H3.